The van der Waals surface area contributed by atoms with E-state index in [1.165, 1.54) is 0 Å². The Bertz CT molecular complexity index is 410. The van der Waals surface area contributed by atoms with Crippen molar-refractivity contribution in [2.45, 2.75) is 13.3 Å². The molecular weight excluding hydrogens is 188 g/mol. The van der Waals surface area contributed by atoms with E-state index in [-0.39, 0.29) is 0 Å². The quantitative estimate of drug-likeness (QED) is 0.825. The van der Waals surface area contributed by atoms with Gasteiger partial charge in [0.1, 0.15) is 0 Å². The highest BCUT2D eigenvalue weighted by Crippen LogP contribution is 2.09. The summed E-state index contributed by atoms with van der Waals surface area (Å²) in [4.78, 5) is 12.4. The topological polar surface area (TPSA) is 50.7 Å². The van der Waals surface area contributed by atoms with Gasteiger partial charge in [-0.2, -0.15) is 0 Å². The molecule has 1 N–H and O–H groups in total. The lowest BCUT2D eigenvalue weighted by molar-refractivity contribution is 1.05. The van der Waals surface area contributed by atoms with Gasteiger partial charge in [-0.1, -0.05) is 6.92 Å². The van der Waals surface area contributed by atoms with Gasteiger partial charge in [0.25, 0.3) is 0 Å². The largest absolute Gasteiger partial charge is 0.323 e. The van der Waals surface area contributed by atoms with Crippen molar-refractivity contribution in [3.63, 3.8) is 0 Å². The number of hydrogen-bond acceptors (Lipinski definition) is 4. The van der Waals surface area contributed by atoms with Crippen LogP contribution in [0.3, 0.4) is 0 Å². The molecule has 0 atom stereocenters. The van der Waals surface area contributed by atoms with E-state index < -0.39 is 0 Å². The lowest BCUT2D eigenvalue weighted by Gasteiger charge is -2.03. The van der Waals surface area contributed by atoms with Crippen molar-refractivity contribution in [2.24, 2.45) is 0 Å². The van der Waals surface area contributed by atoms with E-state index in [0.717, 1.165) is 17.7 Å². The first-order valence-electron chi connectivity index (χ1n) is 4.86. The minimum absolute atomic E-state index is 0.597. The summed E-state index contributed by atoms with van der Waals surface area (Å²) in [5.41, 5.74) is 2.02. The molecular formula is C11H12N4. The van der Waals surface area contributed by atoms with Crippen molar-refractivity contribution in [3.8, 4) is 0 Å². The summed E-state index contributed by atoms with van der Waals surface area (Å²) in [6.45, 7) is 2.08. The zero-order valence-corrected chi connectivity index (χ0v) is 8.51. The van der Waals surface area contributed by atoms with Crippen LogP contribution in [0.15, 0.2) is 36.9 Å². The monoisotopic (exact) mass is 200 g/mol. The zero-order valence-electron chi connectivity index (χ0n) is 8.51. The summed E-state index contributed by atoms with van der Waals surface area (Å²) < 4.78 is 0. The summed E-state index contributed by atoms with van der Waals surface area (Å²) >= 11 is 0. The maximum atomic E-state index is 4.19. The van der Waals surface area contributed by atoms with Crippen LogP contribution in [0.2, 0.25) is 0 Å². The van der Waals surface area contributed by atoms with Gasteiger partial charge in [-0.15, -0.1) is 0 Å². The number of aromatic nitrogens is 3. The summed E-state index contributed by atoms with van der Waals surface area (Å²) in [5, 5.41) is 3.07. The van der Waals surface area contributed by atoms with Gasteiger partial charge in [-0.3, -0.25) is 4.98 Å². The standard InChI is InChI=1S/C11H12N4/c1-2-9-6-13-11(14-7-9)15-10-4-3-5-12-8-10/h3-8H,2H2,1H3,(H,13,14,15). The third-order valence-electron chi connectivity index (χ3n) is 2.03. The van der Waals surface area contributed by atoms with Crippen LogP contribution in [-0.2, 0) is 6.42 Å². The molecule has 0 aliphatic heterocycles. The summed E-state index contributed by atoms with van der Waals surface area (Å²) in [5.74, 6) is 0.597. The van der Waals surface area contributed by atoms with E-state index in [1.807, 2.05) is 24.5 Å². The molecule has 0 saturated heterocycles. The molecule has 15 heavy (non-hydrogen) atoms. The minimum atomic E-state index is 0.597. The van der Waals surface area contributed by atoms with Crippen molar-refractivity contribution < 1.29 is 0 Å². The van der Waals surface area contributed by atoms with Crippen LogP contribution in [0, 0.1) is 0 Å². The molecule has 2 aromatic heterocycles. The molecule has 2 aromatic rings. The normalized spacial score (nSPS) is 9.93. The van der Waals surface area contributed by atoms with Gasteiger partial charge in [0.05, 0.1) is 11.9 Å². The molecule has 4 nitrogen and oxygen atoms in total. The Hall–Kier alpha value is -1.97. The van der Waals surface area contributed by atoms with E-state index in [4.69, 9.17) is 0 Å². The van der Waals surface area contributed by atoms with Crippen LogP contribution < -0.4 is 5.32 Å². The molecule has 4 heteroatoms. The molecule has 0 aliphatic rings. The summed E-state index contributed by atoms with van der Waals surface area (Å²) in [6, 6.07) is 3.78. The molecule has 76 valence electrons. The van der Waals surface area contributed by atoms with Crippen LogP contribution in [0.25, 0.3) is 0 Å². The molecule has 2 rings (SSSR count). The summed E-state index contributed by atoms with van der Waals surface area (Å²) in [6.07, 6.45) is 8.06. The smallest absolute Gasteiger partial charge is 0.227 e. The maximum absolute atomic E-state index is 4.19. The van der Waals surface area contributed by atoms with Crippen LogP contribution >= 0.6 is 0 Å². The third-order valence-corrected chi connectivity index (χ3v) is 2.03. The fraction of sp³-hybridized carbons (Fsp3) is 0.182. The molecule has 0 fully saturated rings. The number of hydrogen-bond donors (Lipinski definition) is 1. The van der Waals surface area contributed by atoms with Crippen molar-refractivity contribution in [3.05, 3.63) is 42.5 Å². The molecule has 0 spiro atoms. The number of aryl methyl sites for hydroxylation is 1. The first kappa shape index (κ1) is 9.58. The van der Waals surface area contributed by atoms with E-state index >= 15 is 0 Å². The van der Waals surface area contributed by atoms with Gasteiger partial charge in [-0.25, -0.2) is 9.97 Å². The van der Waals surface area contributed by atoms with Crippen LogP contribution in [0.5, 0.6) is 0 Å². The Morgan fingerprint density at radius 3 is 2.60 bits per heavy atom. The van der Waals surface area contributed by atoms with Gasteiger partial charge in [0, 0.05) is 18.6 Å². The van der Waals surface area contributed by atoms with Crippen molar-refractivity contribution in [1.29, 1.82) is 0 Å². The second kappa shape index (κ2) is 4.50. The third kappa shape index (κ3) is 2.49. The Balaban J connectivity index is 2.11. The molecule has 0 saturated carbocycles. The molecule has 0 radical (unpaired) electrons. The molecule has 0 aromatic carbocycles. The van der Waals surface area contributed by atoms with Gasteiger partial charge >= 0.3 is 0 Å². The van der Waals surface area contributed by atoms with Gasteiger partial charge in [0.2, 0.25) is 5.95 Å². The van der Waals surface area contributed by atoms with Crippen molar-refractivity contribution in [1.82, 2.24) is 15.0 Å². The first-order valence-corrected chi connectivity index (χ1v) is 4.86. The van der Waals surface area contributed by atoms with E-state index in [0.29, 0.717) is 5.95 Å². The lowest BCUT2D eigenvalue weighted by atomic mass is 10.3. The molecule has 0 unspecified atom stereocenters. The summed E-state index contributed by atoms with van der Waals surface area (Å²) in [7, 11) is 0. The highest BCUT2D eigenvalue weighted by atomic mass is 15.1. The molecule has 0 aliphatic carbocycles. The molecule has 0 amide bonds. The number of anilines is 2. The number of nitrogens with one attached hydrogen (secondary N) is 1. The van der Waals surface area contributed by atoms with Crippen LogP contribution in [0.4, 0.5) is 11.6 Å². The number of pyridine rings is 1. The minimum Gasteiger partial charge on any atom is -0.323 e. The molecule has 0 bridgehead atoms. The Kier molecular flexibility index (Phi) is 2.88. The number of nitrogens with zero attached hydrogens (tertiary/aromatic N) is 3. The van der Waals surface area contributed by atoms with Crippen molar-refractivity contribution >= 4 is 11.6 Å². The predicted octanol–water partition coefficient (Wildman–Crippen LogP) is 2.18. The maximum Gasteiger partial charge on any atom is 0.227 e. The highest BCUT2D eigenvalue weighted by molar-refractivity contribution is 5.50. The van der Waals surface area contributed by atoms with E-state index in [2.05, 4.69) is 27.2 Å². The van der Waals surface area contributed by atoms with E-state index in [9.17, 15) is 0 Å². The molecule has 2 heterocycles. The second-order valence-electron chi connectivity index (χ2n) is 3.14. The fourth-order valence-corrected chi connectivity index (χ4v) is 1.17. The van der Waals surface area contributed by atoms with Gasteiger partial charge < -0.3 is 5.32 Å². The van der Waals surface area contributed by atoms with Crippen molar-refractivity contribution in [2.75, 3.05) is 5.32 Å². The zero-order chi connectivity index (χ0) is 10.5. The average Bonchev–Trinajstić information content (AvgIpc) is 2.31. The van der Waals surface area contributed by atoms with Crippen LogP contribution in [0.1, 0.15) is 12.5 Å². The first-order chi connectivity index (χ1) is 7.38. The highest BCUT2D eigenvalue weighted by Gasteiger charge is 1.96. The van der Waals surface area contributed by atoms with Gasteiger partial charge in [-0.05, 0) is 24.1 Å². The fourth-order valence-electron chi connectivity index (χ4n) is 1.17. The average molecular weight is 200 g/mol. The Morgan fingerprint density at radius 1 is 1.20 bits per heavy atom. The number of rotatable bonds is 3. The van der Waals surface area contributed by atoms with E-state index in [1.54, 1.807) is 12.4 Å². The second-order valence-corrected chi connectivity index (χ2v) is 3.14. The van der Waals surface area contributed by atoms with Gasteiger partial charge in [0.15, 0.2) is 0 Å². The Morgan fingerprint density at radius 2 is 2.00 bits per heavy atom. The predicted molar refractivity (Wildman–Crippen MR) is 58.9 cm³/mol. The Labute approximate surface area is 88.4 Å². The lowest BCUT2D eigenvalue weighted by Crippen LogP contribution is -1.97. The SMILES string of the molecule is CCc1cnc(Nc2cccnc2)nc1. The van der Waals surface area contributed by atoms with Crippen LogP contribution in [-0.4, -0.2) is 15.0 Å².